The van der Waals surface area contributed by atoms with E-state index in [2.05, 4.69) is 81.5 Å². The standard InChI is InChI=1S/C20H18N4/c1-15-3-7-17(8-4-15)23-13-11-21-19(23)20-22-12-14-24(20)18-9-5-16(2)6-10-18/h3-14H,1-2H3. The highest BCUT2D eigenvalue weighted by atomic mass is 15.2. The van der Waals surface area contributed by atoms with Crippen molar-refractivity contribution in [1.29, 1.82) is 0 Å². The molecule has 2 aromatic carbocycles. The third-order valence-electron chi connectivity index (χ3n) is 4.11. The molecule has 0 atom stereocenters. The van der Waals surface area contributed by atoms with Crippen molar-refractivity contribution >= 4 is 0 Å². The Morgan fingerprint density at radius 1 is 0.583 bits per heavy atom. The summed E-state index contributed by atoms with van der Waals surface area (Å²) in [5, 5.41) is 0. The van der Waals surface area contributed by atoms with Gasteiger partial charge < -0.3 is 0 Å². The van der Waals surface area contributed by atoms with E-state index in [0.717, 1.165) is 23.0 Å². The summed E-state index contributed by atoms with van der Waals surface area (Å²) in [6.45, 7) is 4.17. The predicted octanol–water partition coefficient (Wildman–Crippen LogP) is 4.34. The van der Waals surface area contributed by atoms with Crippen LogP contribution in [0.25, 0.3) is 23.0 Å². The molecule has 2 aromatic heterocycles. The lowest BCUT2D eigenvalue weighted by Gasteiger charge is -2.11. The molecule has 4 heteroatoms. The minimum absolute atomic E-state index is 0.824. The van der Waals surface area contributed by atoms with Crippen LogP contribution in [0.4, 0.5) is 0 Å². The van der Waals surface area contributed by atoms with Crippen LogP contribution < -0.4 is 0 Å². The smallest absolute Gasteiger partial charge is 0.181 e. The number of hydrogen-bond donors (Lipinski definition) is 0. The lowest BCUT2D eigenvalue weighted by atomic mass is 10.2. The number of benzene rings is 2. The molecule has 2 heterocycles. The molecule has 0 spiro atoms. The Kier molecular flexibility index (Phi) is 3.50. The van der Waals surface area contributed by atoms with Gasteiger partial charge in [-0.25, -0.2) is 9.97 Å². The molecule has 0 saturated carbocycles. The Morgan fingerprint density at radius 2 is 0.958 bits per heavy atom. The largest absolute Gasteiger partial charge is 0.297 e. The zero-order chi connectivity index (χ0) is 16.5. The van der Waals surface area contributed by atoms with Crippen LogP contribution in [-0.4, -0.2) is 19.1 Å². The molecule has 0 aliphatic heterocycles. The molecule has 4 nitrogen and oxygen atoms in total. The SMILES string of the molecule is Cc1ccc(-n2ccnc2-c2nccn2-c2ccc(C)cc2)cc1. The fourth-order valence-electron chi connectivity index (χ4n) is 2.77. The Morgan fingerprint density at radius 3 is 1.33 bits per heavy atom. The van der Waals surface area contributed by atoms with E-state index in [0.29, 0.717) is 0 Å². The van der Waals surface area contributed by atoms with Gasteiger partial charge in [-0.15, -0.1) is 0 Å². The molecule has 0 radical (unpaired) electrons. The second kappa shape index (κ2) is 5.81. The van der Waals surface area contributed by atoms with E-state index in [4.69, 9.17) is 0 Å². The first kappa shape index (κ1) is 14.5. The van der Waals surface area contributed by atoms with Crippen molar-refractivity contribution in [1.82, 2.24) is 19.1 Å². The van der Waals surface area contributed by atoms with Crippen molar-refractivity contribution in [2.24, 2.45) is 0 Å². The molecule has 4 rings (SSSR count). The molecule has 24 heavy (non-hydrogen) atoms. The summed E-state index contributed by atoms with van der Waals surface area (Å²) in [6, 6.07) is 16.8. The molecule has 0 bridgehead atoms. The minimum Gasteiger partial charge on any atom is -0.297 e. The van der Waals surface area contributed by atoms with E-state index < -0.39 is 0 Å². The zero-order valence-electron chi connectivity index (χ0n) is 13.7. The van der Waals surface area contributed by atoms with Crippen molar-refractivity contribution in [2.75, 3.05) is 0 Å². The first-order valence-electron chi connectivity index (χ1n) is 7.93. The Labute approximate surface area is 141 Å². The maximum atomic E-state index is 4.54. The molecule has 0 aliphatic rings. The molecule has 0 fully saturated rings. The number of rotatable bonds is 3. The fraction of sp³-hybridized carbons (Fsp3) is 0.100. The maximum Gasteiger partial charge on any atom is 0.181 e. The first-order valence-corrected chi connectivity index (χ1v) is 7.93. The number of imidazole rings is 2. The highest BCUT2D eigenvalue weighted by Gasteiger charge is 2.14. The summed E-state index contributed by atoms with van der Waals surface area (Å²) in [7, 11) is 0. The average molecular weight is 314 g/mol. The fourth-order valence-corrected chi connectivity index (χ4v) is 2.77. The molecule has 0 N–H and O–H groups in total. The number of nitrogens with zero attached hydrogens (tertiary/aromatic N) is 4. The second-order valence-electron chi connectivity index (χ2n) is 5.91. The van der Waals surface area contributed by atoms with Crippen LogP contribution in [0.3, 0.4) is 0 Å². The summed E-state index contributed by atoms with van der Waals surface area (Å²) in [5.74, 6) is 1.65. The average Bonchev–Trinajstić information content (AvgIpc) is 3.25. The van der Waals surface area contributed by atoms with Crippen molar-refractivity contribution in [2.45, 2.75) is 13.8 Å². The van der Waals surface area contributed by atoms with Crippen molar-refractivity contribution in [3.8, 4) is 23.0 Å². The van der Waals surface area contributed by atoms with Gasteiger partial charge in [0.1, 0.15) is 0 Å². The van der Waals surface area contributed by atoms with Gasteiger partial charge in [-0.1, -0.05) is 35.4 Å². The predicted molar refractivity (Wildman–Crippen MR) is 95.6 cm³/mol. The number of aryl methyl sites for hydroxylation is 2. The Balaban J connectivity index is 1.82. The second-order valence-corrected chi connectivity index (χ2v) is 5.91. The molecule has 118 valence electrons. The van der Waals surface area contributed by atoms with Gasteiger partial charge in [-0.2, -0.15) is 0 Å². The van der Waals surface area contributed by atoms with E-state index in [1.54, 1.807) is 0 Å². The van der Waals surface area contributed by atoms with Crippen LogP contribution in [0.5, 0.6) is 0 Å². The molecule has 0 saturated heterocycles. The summed E-state index contributed by atoms with van der Waals surface area (Å²) >= 11 is 0. The monoisotopic (exact) mass is 314 g/mol. The normalized spacial score (nSPS) is 10.9. The third kappa shape index (κ3) is 2.52. The highest BCUT2D eigenvalue weighted by Crippen LogP contribution is 2.23. The zero-order valence-corrected chi connectivity index (χ0v) is 13.7. The van der Waals surface area contributed by atoms with Gasteiger partial charge in [0, 0.05) is 36.2 Å². The highest BCUT2D eigenvalue weighted by molar-refractivity contribution is 5.55. The molecule has 0 amide bonds. The third-order valence-corrected chi connectivity index (χ3v) is 4.11. The summed E-state index contributed by atoms with van der Waals surface area (Å²) < 4.78 is 4.12. The first-order chi connectivity index (χ1) is 11.7. The molecule has 4 aromatic rings. The lowest BCUT2D eigenvalue weighted by Crippen LogP contribution is -2.02. The summed E-state index contributed by atoms with van der Waals surface area (Å²) in [4.78, 5) is 9.08. The van der Waals surface area contributed by atoms with Crippen molar-refractivity contribution < 1.29 is 0 Å². The van der Waals surface area contributed by atoms with Crippen LogP contribution in [0.1, 0.15) is 11.1 Å². The molecule has 0 unspecified atom stereocenters. The van der Waals surface area contributed by atoms with Gasteiger partial charge in [0.15, 0.2) is 11.6 Å². The Hall–Kier alpha value is -3.14. The summed E-state index contributed by atoms with van der Waals surface area (Å²) in [5.41, 5.74) is 4.63. The van der Waals surface area contributed by atoms with E-state index in [1.165, 1.54) is 11.1 Å². The van der Waals surface area contributed by atoms with Gasteiger partial charge in [0.05, 0.1) is 0 Å². The molecular weight excluding hydrogens is 296 g/mol. The van der Waals surface area contributed by atoms with Crippen LogP contribution in [0, 0.1) is 13.8 Å². The van der Waals surface area contributed by atoms with Gasteiger partial charge in [0.25, 0.3) is 0 Å². The van der Waals surface area contributed by atoms with Gasteiger partial charge in [-0.05, 0) is 38.1 Å². The topological polar surface area (TPSA) is 35.6 Å². The lowest BCUT2D eigenvalue weighted by molar-refractivity contribution is 0.986. The van der Waals surface area contributed by atoms with E-state index >= 15 is 0 Å². The maximum absolute atomic E-state index is 4.54. The molecule has 0 aliphatic carbocycles. The van der Waals surface area contributed by atoms with E-state index in [-0.39, 0.29) is 0 Å². The quantitative estimate of drug-likeness (QED) is 0.564. The van der Waals surface area contributed by atoms with E-state index in [9.17, 15) is 0 Å². The van der Waals surface area contributed by atoms with Crippen LogP contribution >= 0.6 is 0 Å². The van der Waals surface area contributed by atoms with Gasteiger partial charge >= 0.3 is 0 Å². The van der Waals surface area contributed by atoms with Gasteiger partial charge in [0.2, 0.25) is 0 Å². The molecular formula is C20H18N4. The minimum atomic E-state index is 0.824. The Bertz CT molecular complexity index is 878. The van der Waals surface area contributed by atoms with Crippen LogP contribution in [0.15, 0.2) is 73.3 Å². The number of hydrogen-bond acceptors (Lipinski definition) is 2. The van der Waals surface area contributed by atoms with Crippen LogP contribution in [-0.2, 0) is 0 Å². The van der Waals surface area contributed by atoms with Crippen molar-refractivity contribution in [3.05, 3.63) is 84.4 Å². The summed E-state index contributed by atoms with van der Waals surface area (Å²) in [6.07, 6.45) is 7.55. The van der Waals surface area contributed by atoms with Crippen molar-refractivity contribution in [3.63, 3.8) is 0 Å². The number of aromatic nitrogens is 4. The van der Waals surface area contributed by atoms with Gasteiger partial charge in [-0.3, -0.25) is 9.13 Å². The van der Waals surface area contributed by atoms with E-state index in [1.807, 2.05) is 24.8 Å². The van der Waals surface area contributed by atoms with Crippen LogP contribution in [0.2, 0.25) is 0 Å².